The van der Waals surface area contributed by atoms with Crippen LogP contribution in [0.1, 0.15) is 67.1 Å². The van der Waals surface area contributed by atoms with Crippen LogP contribution in [-0.2, 0) is 11.0 Å². The number of aliphatic hydroxyl groups is 2. The van der Waals surface area contributed by atoms with Gasteiger partial charge < -0.3 is 15.1 Å². The minimum atomic E-state index is -5.03. The van der Waals surface area contributed by atoms with E-state index >= 15 is 0 Å². The number of halogens is 3. The van der Waals surface area contributed by atoms with Crippen LogP contribution in [0.2, 0.25) is 0 Å². The Kier molecular flexibility index (Phi) is 6.26. The van der Waals surface area contributed by atoms with E-state index in [0.717, 1.165) is 56.4 Å². The molecule has 2 N–H and O–H groups in total. The largest absolute Gasteiger partial charge is 0.423 e. The Bertz CT molecular complexity index is 969. The fourth-order valence-corrected chi connectivity index (χ4v) is 4.86. The Labute approximate surface area is 191 Å². The quantitative estimate of drug-likeness (QED) is 0.670. The summed E-state index contributed by atoms with van der Waals surface area (Å²) in [4.78, 5) is 19.8. The molecule has 0 saturated heterocycles. The number of amides is 1. The van der Waals surface area contributed by atoms with Gasteiger partial charge in [-0.15, -0.1) is 0 Å². The number of benzene rings is 1. The van der Waals surface area contributed by atoms with Crippen molar-refractivity contribution in [2.75, 3.05) is 6.61 Å². The standard InChI is InChI=1S/C25H29F3N2O3/c1-23(21-4-2-3-15-29-21)13-11-20(12-14-23)30(19-9-10-19)22(32)17-5-7-18(8-6-17)24(33,16-31)25(26,27)28/h2-8,15,19-20,31,33H,9-14,16H2,1H3. The van der Waals surface area contributed by atoms with Gasteiger partial charge in [0.05, 0.1) is 6.61 Å². The van der Waals surface area contributed by atoms with Gasteiger partial charge in [0, 0.05) is 35.0 Å². The molecule has 2 aliphatic carbocycles. The second-order valence-electron chi connectivity index (χ2n) is 9.54. The van der Waals surface area contributed by atoms with E-state index in [1.54, 1.807) is 6.20 Å². The van der Waals surface area contributed by atoms with Crippen LogP contribution in [0.4, 0.5) is 13.2 Å². The molecule has 33 heavy (non-hydrogen) atoms. The third-order valence-electron chi connectivity index (χ3n) is 7.22. The predicted molar refractivity (Wildman–Crippen MR) is 117 cm³/mol. The van der Waals surface area contributed by atoms with E-state index in [2.05, 4.69) is 11.9 Å². The third-order valence-corrected chi connectivity index (χ3v) is 7.22. The molecular formula is C25H29F3N2O3. The summed E-state index contributed by atoms with van der Waals surface area (Å²) in [6, 6.07) is 10.9. The summed E-state index contributed by atoms with van der Waals surface area (Å²) in [5.74, 6) is -0.199. The lowest BCUT2D eigenvalue weighted by atomic mass is 9.71. The molecule has 4 rings (SSSR count). The maximum atomic E-state index is 13.4. The minimum absolute atomic E-state index is 0.0377. The van der Waals surface area contributed by atoms with Crippen LogP contribution in [0.15, 0.2) is 48.7 Å². The predicted octanol–water partition coefficient (Wildman–Crippen LogP) is 4.33. The van der Waals surface area contributed by atoms with Crippen LogP contribution in [0.3, 0.4) is 0 Å². The molecule has 0 spiro atoms. The van der Waals surface area contributed by atoms with E-state index in [1.807, 2.05) is 23.1 Å². The zero-order valence-electron chi connectivity index (χ0n) is 18.6. The molecular weight excluding hydrogens is 433 g/mol. The Hall–Kier alpha value is -2.45. The highest BCUT2D eigenvalue weighted by Crippen LogP contribution is 2.43. The van der Waals surface area contributed by atoms with E-state index in [4.69, 9.17) is 5.11 Å². The van der Waals surface area contributed by atoms with Crippen molar-refractivity contribution in [3.63, 3.8) is 0 Å². The molecule has 0 aliphatic heterocycles. The Morgan fingerprint density at radius 3 is 2.15 bits per heavy atom. The average Bonchev–Trinajstić information content (AvgIpc) is 3.65. The van der Waals surface area contributed by atoms with Gasteiger partial charge in [0.25, 0.3) is 5.91 Å². The number of nitrogens with zero attached hydrogens (tertiary/aromatic N) is 2. The van der Waals surface area contributed by atoms with E-state index in [9.17, 15) is 23.1 Å². The monoisotopic (exact) mass is 462 g/mol. The second-order valence-corrected chi connectivity index (χ2v) is 9.54. The van der Waals surface area contributed by atoms with Gasteiger partial charge in [0.2, 0.25) is 5.60 Å². The van der Waals surface area contributed by atoms with Gasteiger partial charge in [0.1, 0.15) is 0 Å². The molecule has 1 unspecified atom stereocenters. The van der Waals surface area contributed by atoms with E-state index in [0.29, 0.717) is 0 Å². The molecule has 0 radical (unpaired) electrons. The van der Waals surface area contributed by atoms with Crippen molar-refractivity contribution in [1.82, 2.24) is 9.88 Å². The first-order valence-electron chi connectivity index (χ1n) is 11.3. The van der Waals surface area contributed by atoms with E-state index in [-0.39, 0.29) is 29.0 Å². The minimum Gasteiger partial charge on any atom is -0.393 e. The fourth-order valence-electron chi connectivity index (χ4n) is 4.86. The molecule has 1 amide bonds. The molecule has 0 bridgehead atoms. The van der Waals surface area contributed by atoms with Crippen molar-refractivity contribution in [2.24, 2.45) is 0 Å². The van der Waals surface area contributed by atoms with Crippen molar-refractivity contribution in [3.05, 3.63) is 65.5 Å². The molecule has 178 valence electrons. The van der Waals surface area contributed by atoms with Crippen molar-refractivity contribution < 1.29 is 28.2 Å². The SMILES string of the molecule is CC1(c2ccccn2)CCC(N(C(=O)c2ccc(C(O)(CO)C(F)(F)F)cc2)C2CC2)CC1. The van der Waals surface area contributed by atoms with Crippen molar-refractivity contribution in [2.45, 2.75) is 74.7 Å². The molecule has 1 heterocycles. The Morgan fingerprint density at radius 1 is 1.06 bits per heavy atom. The summed E-state index contributed by atoms with van der Waals surface area (Å²) < 4.78 is 39.7. The topological polar surface area (TPSA) is 73.7 Å². The number of carbonyl (C=O) groups is 1. The number of pyridine rings is 1. The summed E-state index contributed by atoms with van der Waals surface area (Å²) in [7, 11) is 0. The Morgan fingerprint density at radius 2 is 1.67 bits per heavy atom. The molecule has 2 fully saturated rings. The van der Waals surface area contributed by atoms with Crippen LogP contribution in [0.25, 0.3) is 0 Å². The van der Waals surface area contributed by atoms with E-state index in [1.165, 1.54) is 12.1 Å². The number of rotatable bonds is 6. The van der Waals surface area contributed by atoms with Crippen LogP contribution in [0.5, 0.6) is 0 Å². The molecule has 5 nitrogen and oxygen atoms in total. The number of aromatic nitrogens is 1. The normalized spacial score (nSPS) is 25.3. The first kappa shape index (κ1) is 23.7. The number of carbonyl (C=O) groups excluding carboxylic acids is 1. The number of hydrogen-bond donors (Lipinski definition) is 2. The molecule has 2 saturated carbocycles. The fraction of sp³-hybridized carbons (Fsp3) is 0.520. The molecule has 2 aromatic rings. The van der Waals surface area contributed by atoms with Crippen molar-refractivity contribution >= 4 is 5.91 Å². The number of alkyl halides is 3. The Balaban J connectivity index is 1.50. The zero-order chi connectivity index (χ0) is 23.9. The highest BCUT2D eigenvalue weighted by Gasteiger charge is 2.54. The molecule has 8 heteroatoms. The van der Waals surface area contributed by atoms with Gasteiger partial charge in [-0.2, -0.15) is 13.2 Å². The second kappa shape index (κ2) is 8.72. The zero-order valence-corrected chi connectivity index (χ0v) is 18.6. The van der Waals surface area contributed by atoms with Crippen molar-refractivity contribution in [3.8, 4) is 0 Å². The summed E-state index contributed by atoms with van der Waals surface area (Å²) in [5.41, 5.74) is -2.54. The average molecular weight is 463 g/mol. The van der Waals surface area contributed by atoms with Crippen LogP contribution >= 0.6 is 0 Å². The smallest absolute Gasteiger partial charge is 0.393 e. The van der Waals surface area contributed by atoms with Gasteiger partial charge in [0.15, 0.2) is 0 Å². The highest BCUT2D eigenvalue weighted by molar-refractivity contribution is 5.95. The van der Waals surface area contributed by atoms with Crippen LogP contribution in [-0.4, -0.2) is 50.9 Å². The highest BCUT2D eigenvalue weighted by atomic mass is 19.4. The lowest BCUT2D eigenvalue weighted by molar-refractivity contribution is -0.277. The van der Waals surface area contributed by atoms with Crippen LogP contribution in [0, 0.1) is 0 Å². The van der Waals surface area contributed by atoms with Gasteiger partial charge >= 0.3 is 6.18 Å². The molecule has 2 aliphatic rings. The van der Waals surface area contributed by atoms with Gasteiger partial charge in [-0.25, -0.2) is 0 Å². The van der Waals surface area contributed by atoms with Crippen molar-refractivity contribution in [1.29, 1.82) is 0 Å². The van der Waals surface area contributed by atoms with Crippen LogP contribution < -0.4 is 0 Å². The molecule has 1 aromatic carbocycles. The molecule has 1 atom stereocenters. The summed E-state index contributed by atoms with van der Waals surface area (Å²) >= 11 is 0. The lowest BCUT2D eigenvalue weighted by Crippen LogP contribution is -2.46. The first-order chi connectivity index (χ1) is 15.6. The van der Waals surface area contributed by atoms with Gasteiger partial charge in [-0.3, -0.25) is 9.78 Å². The third kappa shape index (κ3) is 4.51. The van der Waals surface area contributed by atoms with Gasteiger partial charge in [-0.05, 0) is 68.4 Å². The summed E-state index contributed by atoms with van der Waals surface area (Å²) in [6.45, 7) is 0.714. The first-order valence-corrected chi connectivity index (χ1v) is 11.3. The number of hydrogen-bond acceptors (Lipinski definition) is 4. The van der Waals surface area contributed by atoms with E-state index < -0.39 is 23.9 Å². The molecule has 1 aromatic heterocycles. The maximum absolute atomic E-state index is 13.4. The maximum Gasteiger partial charge on any atom is 0.423 e. The van der Waals surface area contributed by atoms with Gasteiger partial charge in [-0.1, -0.05) is 25.1 Å². The number of aliphatic hydroxyl groups excluding tert-OH is 1. The lowest BCUT2D eigenvalue weighted by Gasteiger charge is -2.42. The summed E-state index contributed by atoms with van der Waals surface area (Å²) in [6.07, 6.45) is 2.10. The summed E-state index contributed by atoms with van der Waals surface area (Å²) in [5, 5.41) is 19.1.